The summed E-state index contributed by atoms with van der Waals surface area (Å²) in [4.78, 5) is 0. The lowest BCUT2D eigenvalue weighted by Gasteiger charge is -2.20. The summed E-state index contributed by atoms with van der Waals surface area (Å²) in [6.07, 6.45) is 0. The van der Waals surface area contributed by atoms with Crippen LogP contribution in [0.2, 0.25) is 0 Å². The van der Waals surface area contributed by atoms with E-state index in [1.54, 1.807) is 6.07 Å². The number of aromatic hydroxyl groups is 4. The average Bonchev–Trinajstić information content (AvgIpc) is 2.36. The molecule has 0 spiro atoms. The van der Waals surface area contributed by atoms with Crippen LogP contribution >= 0.6 is 0 Å². The van der Waals surface area contributed by atoms with E-state index in [4.69, 9.17) is 10.2 Å². The Kier molecular flexibility index (Phi) is 4.86. The van der Waals surface area contributed by atoms with Gasteiger partial charge in [0.2, 0.25) is 0 Å². The summed E-state index contributed by atoms with van der Waals surface area (Å²) < 4.78 is 0. The molecule has 108 valence electrons. The van der Waals surface area contributed by atoms with E-state index in [1.165, 1.54) is 30.3 Å². The number of benzene rings is 2. The number of phenolic OH excluding ortho intramolecular Hbond substituents is 4. The minimum absolute atomic E-state index is 0.00926. The van der Waals surface area contributed by atoms with E-state index >= 15 is 0 Å². The Labute approximate surface area is 118 Å². The molecule has 0 aliphatic heterocycles. The van der Waals surface area contributed by atoms with E-state index < -0.39 is 0 Å². The van der Waals surface area contributed by atoms with Crippen molar-refractivity contribution in [2.75, 3.05) is 0 Å². The van der Waals surface area contributed by atoms with Gasteiger partial charge in [-0.1, -0.05) is 32.9 Å². The number of hydrogen-bond acceptors (Lipinski definition) is 4. The SMILES string of the molecule is CC(C)(C)c1cccc(O)c1O.Oc1ccc(O)cc1. The fourth-order valence-electron chi connectivity index (χ4n) is 1.59. The molecule has 0 aromatic heterocycles. The highest BCUT2D eigenvalue weighted by Gasteiger charge is 2.19. The molecule has 20 heavy (non-hydrogen) atoms. The van der Waals surface area contributed by atoms with Crippen molar-refractivity contribution >= 4 is 0 Å². The first-order chi connectivity index (χ1) is 9.21. The van der Waals surface area contributed by atoms with Gasteiger partial charge in [-0.2, -0.15) is 0 Å². The van der Waals surface area contributed by atoms with Gasteiger partial charge in [-0.25, -0.2) is 0 Å². The zero-order chi connectivity index (χ0) is 15.3. The molecule has 0 bridgehead atoms. The van der Waals surface area contributed by atoms with Gasteiger partial charge < -0.3 is 20.4 Å². The highest BCUT2D eigenvalue weighted by Crippen LogP contribution is 2.36. The van der Waals surface area contributed by atoms with Crippen molar-refractivity contribution in [1.82, 2.24) is 0 Å². The van der Waals surface area contributed by atoms with Gasteiger partial charge in [-0.3, -0.25) is 0 Å². The summed E-state index contributed by atoms with van der Waals surface area (Å²) in [6.45, 7) is 5.96. The Bertz CT molecular complexity index is 533. The first-order valence-corrected chi connectivity index (χ1v) is 6.21. The molecular weight excluding hydrogens is 256 g/mol. The van der Waals surface area contributed by atoms with E-state index in [2.05, 4.69) is 0 Å². The lowest BCUT2D eigenvalue weighted by Crippen LogP contribution is -2.10. The lowest BCUT2D eigenvalue weighted by atomic mass is 9.86. The average molecular weight is 276 g/mol. The number of rotatable bonds is 0. The predicted molar refractivity (Wildman–Crippen MR) is 78.2 cm³/mol. The molecule has 4 nitrogen and oxygen atoms in total. The molecule has 4 N–H and O–H groups in total. The summed E-state index contributed by atoms with van der Waals surface area (Å²) in [5.74, 6) is 0.276. The molecule has 0 atom stereocenters. The van der Waals surface area contributed by atoms with Crippen LogP contribution in [-0.4, -0.2) is 20.4 Å². The van der Waals surface area contributed by atoms with Crippen LogP contribution in [0.4, 0.5) is 0 Å². The second-order valence-corrected chi connectivity index (χ2v) is 5.44. The van der Waals surface area contributed by atoms with Crippen LogP contribution in [0.15, 0.2) is 42.5 Å². The molecule has 0 amide bonds. The molecule has 0 saturated carbocycles. The normalized spacial score (nSPS) is 10.6. The number of hydrogen-bond donors (Lipinski definition) is 4. The van der Waals surface area contributed by atoms with Gasteiger partial charge in [0.25, 0.3) is 0 Å². The van der Waals surface area contributed by atoms with Crippen molar-refractivity contribution < 1.29 is 20.4 Å². The molecular formula is C16H20O4. The van der Waals surface area contributed by atoms with E-state index in [1.807, 2.05) is 26.8 Å². The van der Waals surface area contributed by atoms with Gasteiger partial charge in [0.05, 0.1) is 0 Å². The molecule has 0 fully saturated rings. The van der Waals surface area contributed by atoms with E-state index in [0.717, 1.165) is 5.56 Å². The molecule has 0 unspecified atom stereocenters. The van der Waals surface area contributed by atoms with Crippen molar-refractivity contribution in [3.05, 3.63) is 48.0 Å². The van der Waals surface area contributed by atoms with Crippen LogP contribution in [0, 0.1) is 0 Å². The van der Waals surface area contributed by atoms with Gasteiger partial charge in [0.15, 0.2) is 11.5 Å². The quantitative estimate of drug-likeness (QED) is 0.438. The highest BCUT2D eigenvalue weighted by molar-refractivity contribution is 5.47. The van der Waals surface area contributed by atoms with Crippen molar-refractivity contribution in [1.29, 1.82) is 0 Å². The minimum Gasteiger partial charge on any atom is -0.508 e. The smallest absolute Gasteiger partial charge is 0.161 e. The third-order valence-corrected chi connectivity index (χ3v) is 2.67. The van der Waals surface area contributed by atoms with E-state index in [9.17, 15) is 10.2 Å². The first kappa shape index (κ1) is 15.7. The number of para-hydroxylation sites is 1. The zero-order valence-corrected chi connectivity index (χ0v) is 11.8. The molecule has 0 aliphatic carbocycles. The van der Waals surface area contributed by atoms with Gasteiger partial charge in [0.1, 0.15) is 11.5 Å². The van der Waals surface area contributed by atoms with Crippen LogP contribution in [0.3, 0.4) is 0 Å². The molecule has 2 aromatic carbocycles. The molecule has 2 aromatic rings. The van der Waals surface area contributed by atoms with Crippen LogP contribution < -0.4 is 0 Å². The maximum Gasteiger partial charge on any atom is 0.161 e. The maximum atomic E-state index is 9.48. The second kappa shape index (κ2) is 6.19. The Morgan fingerprint density at radius 3 is 1.50 bits per heavy atom. The third kappa shape index (κ3) is 4.39. The topological polar surface area (TPSA) is 80.9 Å². The summed E-state index contributed by atoms with van der Waals surface area (Å²) in [6, 6.07) is 10.7. The molecule has 4 heteroatoms. The first-order valence-electron chi connectivity index (χ1n) is 6.21. The number of phenols is 4. The molecule has 0 aliphatic rings. The Hall–Kier alpha value is -2.36. The minimum atomic E-state index is -0.136. The van der Waals surface area contributed by atoms with Gasteiger partial charge >= 0.3 is 0 Å². The van der Waals surface area contributed by atoms with Crippen LogP contribution in [-0.2, 0) is 5.41 Å². The van der Waals surface area contributed by atoms with Crippen molar-refractivity contribution in [2.24, 2.45) is 0 Å². The summed E-state index contributed by atoms with van der Waals surface area (Å²) in [5.41, 5.74) is 0.630. The summed E-state index contributed by atoms with van der Waals surface area (Å²) in [5, 5.41) is 36.0. The highest BCUT2D eigenvalue weighted by atomic mass is 16.3. The predicted octanol–water partition coefficient (Wildman–Crippen LogP) is 3.49. The Balaban J connectivity index is 0.000000217. The van der Waals surface area contributed by atoms with Crippen LogP contribution in [0.25, 0.3) is 0 Å². The van der Waals surface area contributed by atoms with E-state index in [-0.39, 0.29) is 28.4 Å². The monoisotopic (exact) mass is 276 g/mol. The maximum absolute atomic E-state index is 9.48. The largest absolute Gasteiger partial charge is 0.508 e. The fraction of sp³-hybridized carbons (Fsp3) is 0.250. The van der Waals surface area contributed by atoms with Crippen LogP contribution in [0.1, 0.15) is 26.3 Å². The van der Waals surface area contributed by atoms with Gasteiger partial charge in [0, 0.05) is 5.56 Å². The standard InChI is InChI=1S/C10H14O2.C6H6O2/c1-10(2,3)7-5-4-6-8(11)9(7)12;7-5-1-2-6(8)4-3-5/h4-6,11-12H,1-3H3;1-4,7-8H. The lowest BCUT2D eigenvalue weighted by molar-refractivity contribution is 0.389. The van der Waals surface area contributed by atoms with Crippen molar-refractivity contribution in [3.63, 3.8) is 0 Å². The zero-order valence-electron chi connectivity index (χ0n) is 11.8. The summed E-state index contributed by atoms with van der Waals surface area (Å²) >= 11 is 0. The summed E-state index contributed by atoms with van der Waals surface area (Å²) in [7, 11) is 0. The van der Waals surface area contributed by atoms with Crippen molar-refractivity contribution in [3.8, 4) is 23.0 Å². The Morgan fingerprint density at radius 2 is 1.15 bits per heavy atom. The third-order valence-electron chi connectivity index (χ3n) is 2.67. The van der Waals surface area contributed by atoms with E-state index in [0.29, 0.717) is 0 Å². The molecule has 0 saturated heterocycles. The second-order valence-electron chi connectivity index (χ2n) is 5.44. The molecule has 0 heterocycles. The van der Waals surface area contributed by atoms with Crippen LogP contribution in [0.5, 0.6) is 23.0 Å². The van der Waals surface area contributed by atoms with Gasteiger partial charge in [-0.05, 0) is 35.7 Å². The van der Waals surface area contributed by atoms with Gasteiger partial charge in [-0.15, -0.1) is 0 Å². The molecule has 2 rings (SSSR count). The molecule has 0 radical (unpaired) electrons. The van der Waals surface area contributed by atoms with Crippen molar-refractivity contribution in [2.45, 2.75) is 26.2 Å². The Morgan fingerprint density at radius 1 is 0.700 bits per heavy atom. The fourth-order valence-corrected chi connectivity index (χ4v) is 1.59.